The van der Waals surface area contributed by atoms with Gasteiger partial charge in [0.25, 0.3) is 5.43 Å². The third-order valence-corrected chi connectivity index (χ3v) is 4.24. The molecule has 0 aliphatic carbocycles. The van der Waals surface area contributed by atoms with E-state index in [-0.39, 0.29) is 16.2 Å². The highest BCUT2D eigenvalue weighted by atomic mass is 32.2. The summed E-state index contributed by atoms with van der Waals surface area (Å²) >= 11 is 0. The Balaban J connectivity index is 3.24. The second kappa shape index (κ2) is 4.49. The third kappa shape index (κ3) is 1.96. The maximum absolute atomic E-state index is 11.9. The zero-order valence-corrected chi connectivity index (χ0v) is 11.1. The molecule has 0 aliphatic rings. The fraction of sp³-hybridized carbons (Fsp3) is 0.636. The maximum Gasteiger partial charge on any atom is 0.251 e. The number of rotatable bonds is 4. The van der Waals surface area contributed by atoms with E-state index in [1.165, 1.54) is 0 Å². The minimum Gasteiger partial charge on any atom is -0.368 e. The Morgan fingerprint density at radius 2 is 1.56 bits per heavy atom. The molecule has 1 aromatic carbocycles. The summed E-state index contributed by atoms with van der Waals surface area (Å²) in [6.07, 6.45) is 0. The molecule has 0 fully saturated rings. The van der Waals surface area contributed by atoms with E-state index in [0.717, 1.165) is 0 Å². The third-order valence-electron chi connectivity index (χ3n) is 2.60. The predicted molar refractivity (Wildman–Crippen MR) is 66.4 cm³/mol. The Morgan fingerprint density at radius 1 is 1.06 bits per heavy atom. The summed E-state index contributed by atoms with van der Waals surface area (Å²) in [4.78, 5) is 24.8. The summed E-state index contributed by atoms with van der Waals surface area (Å²) in [7, 11) is 0.358. The molecule has 0 amide bonds. The lowest BCUT2D eigenvalue weighted by Crippen LogP contribution is -2.45. The Kier molecular flexibility index (Phi) is 3.68. The molecular formula is C11H17NO3S. The fourth-order valence-electron chi connectivity index (χ4n) is 1.36. The van der Waals surface area contributed by atoms with E-state index in [1.54, 1.807) is 25.8 Å². The van der Waals surface area contributed by atoms with Crippen LogP contribution in [-0.4, -0.2) is 22.5 Å². The van der Waals surface area contributed by atoms with E-state index in [4.69, 9.17) is 0 Å². The van der Waals surface area contributed by atoms with Crippen molar-refractivity contribution < 1.29 is 4.21 Å². The minimum atomic E-state index is -1.38. The topological polar surface area (TPSA) is 54.5 Å². The first kappa shape index (κ1) is 13.1. The molecule has 1 unspecified atom stereocenters. The summed E-state index contributed by atoms with van der Waals surface area (Å²) in [5.41, 5.74) is -0.776. The normalized spacial score (nSPS) is 13.7. The Hall–Kier alpha value is -0.970. The molecule has 0 heterocycles. The van der Waals surface area contributed by atoms with Crippen LogP contribution in [-0.2, 0) is 10.8 Å². The van der Waals surface area contributed by atoms with Gasteiger partial charge in [0.2, 0.25) is 5.43 Å². The molecule has 1 rings (SSSR count). The van der Waals surface area contributed by atoms with E-state index in [1.807, 2.05) is 13.8 Å². The average molecular weight is 243 g/mol. The molecule has 0 radical (unpaired) electrons. The number of nitrogens with zero attached hydrogens (tertiary/aromatic N) is 1. The Morgan fingerprint density at radius 3 is 1.94 bits per heavy atom. The van der Waals surface area contributed by atoms with Gasteiger partial charge in [0.15, 0.2) is 0 Å². The predicted octanol–water partition coefficient (Wildman–Crippen LogP) is 0.643. The SMILES string of the molecule is CC(C)N(C)c1c(S(=O)C(C)C)c(=O)c1=O. The van der Waals surface area contributed by atoms with Crippen LogP contribution in [0.5, 0.6) is 0 Å². The Bertz CT molecular complexity index is 483. The van der Waals surface area contributed by atoms with Crippen LogP contribution in [0, 0.1) is 0 Å². The van der Waals surface area contributed by atoms with E-state index < -0.39 is 21.7 Å². The van der Waals surface area contributed by atoms with E-state index in [2.05, 4.69) is 0 Å². The molecule has 0 aromatic heterocycles. The highest BCUT2D eigenvalue weighted by Gasteiger charge is 2.30. The van der Waals surface area contributed by atoms with Crippen molar-refractivity contribution in [2.45, 2.75) is 43.9 Å². The van der Waals surface area contributed by atoms with Gasteiger partial charge in [-0.3, -0.25) is 13.8 Å². The molecule has 16 heavy (non-hydrogen) atoms. The van der Waals surface area contributed by atoms with Crippen LogP contribution in [0.15, 0.2) is 14.5 Å². The van der Waals surface area contributed by atoms with Crippen LogP contribution in [0.2, 0.25) is 0 Å². The van der Waals surface area contributed by atoms with Crippen molar-refractivity contribution in [2.24, 2.45) is 0 Å². The standard InChI is InChI=1S/C11H17NO3S/c1-6(2)12(5)8-9(13)10(14)11(8)16(15)7(3)4/h6-7H,1-5H3. The molecule has 0 bridgehead atoms. The Labute approximate surface area is 97.4 Å². The van der Waals surface area contributed by atoms with Gasteiger partial charge in [-0.15, -0.1) is 0 Å². The van der Waals surface area contributed by atoms with Crippen molar-refractivity contribution in [3.8, 4) is 0 Å². The molecule has 5 heteroatoms. The molecule has 0 saturated carbocycles. The van der Waals surface area contributed by atoms with Crippen LogP contribution in [0.3, 0.4) is 0 Å². The van der Waals surface area contributed by atoms with Gasteiger partial charge in [0.1, 0.15) is 10.6 Å². The first-order valence-electron chi connectivity index (χ1n) is 5.25. The molecule has 0 saturated heterocycles. The van der Waals surface area contributed by atoms with Gasteiger partial charge in [-0.1, -0.05) is 13.8 Å². The van der Waals surface area contributed by atoms with Crippen LogP contribution in [0.4, 0.5) is 5.69 Å². The van der Waals surface area contributed by atoms with Crippen LogP contribution in [0.1, 0.15) is 27.7 Å². The largest absolute Gasteiger partial charge is 0.368 e. The summed E-state index contributed by atoms with van der Waals surface area (Å²) in [5, 5.41) is -0.150. The van der Waals surface area contributed by atoms with Gasteiger partial charge in [-0.05, 0) is 13.8 Å². The lowest BCUT2D eigenvalue weighted by molar-refractivity contribution is 0.672. The molecule has 0 N–H and O–H groups in total. The van der Waals surface area contributed by atoms with Crippen molar-refractivity contribution in [3.05, 3.63) is 20.4 Å². The van der Waals surface area contributed by atoms with E-state index in [9.17, 15) is 13.8 Å². The first-order chi connectivity index (χ1) is 7.29. The smallest absolute Gasteiger partial charge is 0.251 e. The first-order valence-corrected chi connectivity index (χ1v) is 6.47. The van der Waals surface area contributed by atoms with E-state index in [0.29, 0.717) is 5.69 Å². The highest BCUT2D eigenvalue weighted by Crippen LogP contribution is 2.21. The molecule has 1 aromatic rings. The van der Waals surface area contributed by atoms with E-state index >= 15 is 0 Å². The molecule has 4 nitrogen and oxygen atoms in total. The summed E-state index contributed by atoms with van der Waals surface area (Å²) in [5.74, 6) is 0. The van der Waals surface area contributed by atoms with Gasteiger partial charge in [-0.2, -0.15) is 0 Å². The van der Waals surface area contributed by atoms with Gasteiger partial charge in [0, 0.05) is 18.3 Å². The second-order valence-electron chi connectivity index (χ2n) is 4.39. The average Bonchev–Trinajstić information content (AvgIpc) is 2.22. The lowest BCUT2D eigenvalue weighted by Gasteiger charge is -2.26. The number of hydrogen-bond donors (Lipinski definition) is 0. The molecule has 90 valence electrons. The summed E-state index contributed by atoms with van der Waals surface area (Å²) in [6.45, 7) is 7.37. The lowest BCUT2D eigenvalue weighted by atomic mass is 10.2. The number of hydrogen-bond acceptors (Lipinski definition) is 4. The van der Waals surface area contributed by atoms with Gasteiger partial charge in [0.05, 0.1) is 10.8 Å². The quantitative estimate of drug-likeness (QED) is 0.728. The van der Waals surface area contributed by atoms with Gasteiger partial charge >= 0.3 is 0 Å². The van der Waals surface area contributed by atoms with Crippen molar-refractivity contribution in [2.75, 3.05) is 11.9 Å². The zero-order chi connectivity index (χ0) is 12.6. The van der Waals surface area contributed by atoms with Crippen molar-refractivity contribution >= 4 is 16.5 Å². The van der Waals surface area contributed by atoms with Crippen LogP contribution < -0.4 is 15.8 Å². The fourth-order valence-corrected chi connectivity index (χ4v) is 2.53. The van der Waals surface area contributed by atoms with Crippen molar-refractivity contribution in [3.63, 3.8) is 0 Å². The number of anilines is 1. The van der Waals surface area contributed by atoms with Crippen LogP contribution in [0.25, 0.3) is 0 Å². The monoisotopic (exact) mass is 243 g/mol. The van der Waals surface area contributed by atoms with Crippen molar-refractivity contribution in [1.82, 2.24) is 0 Å². The highest BCUT2D eigenvalue weighted by molar-refractivity contribution is 7.85. The molecular weight excluding hydrogens is 226 g/mol. The molecule has 1 atom stereocenters. The second-order valence-corrected chi connectivity index (χ2v) is 6.33. The zero-order valence-electron chi connectivity index (χ0n) is 10.2. The summed E-state index contributed by atoms with van der Waals surface area (Å²) < 4.78 is 11.9. The summed E-state index contributed by atoms with van der Waals surface area (Å²) in [6, 6.07) is 0.103. The minimum absolute atomic E-state index is 0.103. The van der Waals surface area contributed by atoms with Crippen LogP contribution >= 0.6 is 0 Å². The molecule has 0 spiro atoms. The van der Waals surface area contributed by atoms with Gasteiger partial charge < -0.3 is 4.90 Å². The maximum atomic E-state index is 11.9. The van der Waals surface area contributed by atoms with Crippen molar-refractivity contribution in [1.29, 1.82) is 0 Å². The van der Waals surface area contributed by atoms with Gasteiger partial charge in [-0.25, -0.2) is 0 Å². The molecule has 0 aliphatic heterocycles.